The third-order valence-corrected chi connectivity index (χ3v) is 2.68. The van der Waals surface area contributed by atoms with Crippen LogP contribution in [0.3, 0.4) is 0 Å². The van der Waals surface area contributed by atoms with E-state index in [0.717, 1.165) is 25.3 Å². The number of carbonyl (C=O) groups excluding carboxylic acids is 1. The lowest BCUT2D eigenvalue weighted by atomic mass is 10.2. The molecule has 1 heterocycles. The van der Waals surface area contributed by atoms with Crippen LogP contribution in [0.5, 0.6) is 0 Å². The number of hydrogen-bond acceptors (Lipinski definition) is 6. The molecule has 18 heavy (non-hydrogen) atoms. The Morgan fingerprint density at radius 2 is 2.11 bits per heavy atom. The van der Waals surface area contributed by atoms with E-state index in [9.17, 15) is 4.79 Å². The van der Waals surface area contributed by atoms with E-state index < -0.39 is 0 Å². The second-order valence-electron chi connectivity index (χ2n) is 4.27. The molecule has 1 fully saturated rings. The van der Waals surface area contributed by atoms with Crippen LogP contribution in [-0.2, 0) is 14.3 Å². The largest absolute Gasteiger partial charge is 0.459 e. The standard InChI is InChI=1S/C12H23N3O3/c1-9(12(16)18-8-11-7-17-11)10(2)15-6-5-14-4-3-13/h11,14-15H,3-8,13H2,1-2H3. The lowest BCUT2D eigenvalue weighted by molar-refractivity contribution is -0.139. The number of carbonyl (C=O) groups is 1. The zero-order valence-corrected chi connectivity index (χ0v) is 11.1. The van der Waals surface area contributed by atoms with Crippen molar-refractivity contribution in [3.05, 3.63) is 11.3 Å². The van der Waals surface area contributed by atoms with E-state index >= 15 is 0 Å². The van der Waals surface area contributed by atoms with Crippen molar-refractivity contribution in [3.8, 4) is 0 Å². The molecule has 0 spiro atoms. The fraction of sp³-hybridized carbons (Fsp3) is 0.750. The van der Waals surface area contributed by atoms with Gasteiger partial charge in [-0.2, -0.15) is 0 Å². The molecule has 0 aliphatic carbocycles. The van der Waals surface area contributed by atoms with E-state index in [0.29, 0.717) is 25.3 Å². The van der Waals surface area contributed by atoms with Gasteiger partial charge in [0.1, 0.15) is 12.7 Å². The van der Waals surface area contributed by atoms with Crippen LogP contribution in [0.1, 0.15) is 13.8 Å². The first-order chi connectivity index (χ1) is 8.65. The fourth-order valence-electron chi connectivity index (χ4n) is 1.29. The van der Waals surface area contributed by atoms with Gasteiger partial charge in [-0.25, -0.2) is 4.79 Å². The Hall–Kier alpha value is -1.11. The Balaban J connectivity index is 2.19. The van der Waals surface area contributed by atoms with Crippen LogP contribution >= 0.6 is 0 Å². The summed E-state index contributed by atoms with van der Waals surface area (Å²) in [6.07, 6.45) is 0.107. The van der Waals surface area contributed by atoms with Gasteiger partial charge in [-0.05, 0) is 13.8 Å². The summed E-state index contributed by atoms with van der Waals surface area (Å²) in [4.78, 5) is 11.6. The average molecular weight is 257 g/mol. The minimum Gasteiger partial charge on any atom is -0.459 e. The van der Waals surface area contributed by atoms with Crippen LogP contribution < -0.4 is 16.4 Å². The highest BCUT2D eigenvalue weighted by atomic mass is 16.6. The number of rotatable bonds is 9. The van der Waals surface area contributed by atoms with Crippen LogP contribution in [0.25, 0.3) is 0 Å². The summed E-state index contributed by atoms with van der Waals surface area (Å²) >= 11 is 0. The Bertz CT molecular complexity index is 301. The van der Waals surface area contributed by atoms with Crippen molar-refractivity contribution < 1.29 is 14.3 Å². The zero-order valence-electron chi connectivity index (χ0n) is 11.1. The Labute approximate surface area is 108 Å². The first kappa shape index (κ1) is 14.9. The molecule has 1 aliphatic heterocycles. The molecule has 1 unspecified atom stereocenters. The summed E-state index contributed by atoms with van der Waals surface area (Å²) < 4.78 is 10.1. The van der Waals surface area contributed by atoms with Crippen LogP contribution in [0.4, 0.5) is 0 Å². The molecule has 1 saturated heterocycles. The number of epoxide rings is 1. The third-order valence-electron chi connectivity index (χ3n) is 2.68. The topological polar surface area (TPSA) is 88.9 Å². The van der Waals surface area contributed by atoms with E-state index in [1.807, 2.05) is 6.92 Å². The summed E-state index contributed by atoms with van der Waals surface area (Å²) in [7, 11) is 0. The third kappa shape index (κ3) is 6.00. The SMILES string of the molecule is CC(NCCNCCN)=C(C)C(=O)OCC1CO1. The highest BCUT2D eigenvalue weighted by Gasteiger charge is 2.24. The molecule has 0 amide bonds. The van der Waals surface area contributed by atoms with Crippen molar-refractivity contribution in [1.82, 2.24) is 10.6 Å². The number of ether oxygens (including phenoxy) is 2. The van der Waals surface area contributed by atoms with Gasteiger partial charge in [-0.3, -0.25) is 0 Å². The maximum atomic E-state index is 11.6. The summed E-state index contributed by atoms with van der Waals surface area (Å²) in [5.74, 6) is -0.287. The Kier molecular flexibility index (Phi) is 6.70. The lowest BCUT2D eigenvalue weighted by Gasteiger charge is -2.11. The minimum atomic E-state index is -0.287. The van der Waals surface area contributed by atoms with E-state index in [1.54, 1.807) is 6.92 Å². The Morgan fingerprint density at radius 1 is 1.39 bits per heavy atom. The average Bonchev–Trinajstić information content (AvgIpc) is 3.18. The highest BCUT2D eigenvalue weighted by Crippen LogP contribution is 2.10. The van der Waals surface area contributed by atoms with Gasteiger partial charge in [0.2, 0.25) is 0 Å². The second-order valence-corrected chi connectivity index (χ2v) is 4.27. The number of nitrogens with two attached hydrogens (primary N) is 1. The molecular weight excluding hydrogens is 234 g/mol. The first-order valence-electron chi connectivity index (χ1n) is 6.26. The molecule has 0 radical (unpaired) electrons. The normalized spacial score (nSPS) is 19.2. The van der Waals surface area contributed by atoms with Crippen molar-refractivity contribution in [2.45, 2.75) is 20.0 Å². The molecule has 4 N–H and O–H groups in total. The maximum Gasteiger partial charge on any atom is 0.335 e. The number of esters is 1. The van der Waals surface area contributed by atoms with Gasteiger partial charge in [0.05, 0.1) is 12.2 Å². The van der Waals surface area contributed by atoms with Crippen LogP contribution in [0.2, 0.25) is 0 Å². The lowest BCUT2D eigenvalue weighted by Crippen LogP contribution is -2.30. The molecule has 6 nitrogen and oxygen atoms in total. The Morgan fingerprint density at radius 3 is 2.72 bits per heavy atom. The van der Waals surface area contributed by atoms with Crippen LogP contribution in [-0.4, -0.2) is 51.5 Å². The number of allylic oxidation sites excluding steroid dienone is 1. The molecule has 1 rings (SSSR count). The zero-order chi connectivity index (χ0) is 13.4. The van der Waals surface area contributed by atoms with E-state index in [-0.39, 0.29) is 12.1 Å². The van der Waals surface area contributed by atoms with Crippen molar-refractivity contribution in [2.75, 3.05) is 39.4 Å². The molecule has 1 atom stereocenters. The van der Waals surface area contributed by atoms with E-state index in [2.05, 4.69) is 10.6 Å². The van der Waals surface area contributed by atoms with Gasteiger partial charge >= 0.3 is 5.97 Å². The van der Waals surface area contributed by atoms with E-state index in [4.69, 9.17) is 15.2 Å². The molecule has 0 aromatic rings. The molecule has 0 saturated carbocycles. The highest BCUT2D eigenvalue weighted by molar-refractivity contribution is 5.88. The minimum absolute atomic E-state index is 0.107. The van der Waals surface area contributed by atoms with Crippen LogP contribution in [0, 0.1) is 0 Å². The molecule has 0 aromatic heterocycles. The van der Waals surface area contributed by atoms with Crippen molar-refractivity contribution >= 4 is 5.97 Å². The molecule has 6 heteroatoms. The quantitative estimate of drug-likeness (QED) is 0.220. The van der Waals surface area contributed by atoms with Gasteiger partial charge in [0.15, 0.2) is 0 Å². The van der Waals surface area contributed by atoms with Gasteiger partial charge in [0.25, 0.3) is 0 Å². The van der Waals surface area contributed by atoms with Gasteiger partial charge in [0, 0.05) is 31.9 Å². The monoisotopic (exact) mass is 257 g/mol. The fourth-order valence-corrected chi connectivity index (χ4v) is 1.29. The summed E-state index contributed by atoms with van der Waals surface area (Å²) in [6.45, 7) is 7.66. The van der Waals surface area contributed by atoms with Gasteiger partial charge in [-0.15, -0.1) is 0 Å². The second kappa shape index (κ2) is 8.07. The molecule has 0 bridgehead atoms. The number of nitrogens with one attached hydrogen (secondary N) is 2. The molecule has 104 valence electrons. The van der Waals surface area contributed by atoms with Gasteiger partial charge in [-0.1, -0.05) is 0 Å². The van der Waals surface area contributed by atoms with Crippen molar-refractivity contribution in [3.63, 3.8) is 0 Å². The van der Waals surface area contributed by atoms with E-state index in [1.165, 1.54) is 0 Å². The van der Waals surface area contributed by atoms with Crippen molar-refractivity contribution in [1.29, 1.82) is 0 Å². The van der Waals surface area contributed by atoms with Gasteiger partial charge < -0.3 is 25.8 Å². The maximum absolute atomic E-state index is 11.6. The van der Waals surface area contributed by atoms with Crippen LogP contribution in [0.15, 0.2) is 11.3 Å². The molecule has 1 aliphatic rings. The summed E-state index contributed by atoms with van der Waals surface area (Å²) in [6, 6.07) is 0. The first-order valence-corrected chi connectivity index (χ1v) is 6.26. The molecular formula is C12H23N3O3. The smallest absolute Gasteiger partial charge is 0.335 e. The number of hydrogen-bond donors (Lipinski definition) is 3. The molecule has 0 aromatic carbocycles. The summed E-state index contributed by atoms with van der Waals surface area (Å²) in [5.41, 5.74) is 6.80. The van der Waals surface area contributed by atoms with Crippen molar-refractivity contribution in [2.24, 2.45) is 5.73 Å². The predicted octanol–water partition coefficient (Wildman–Crippen LogP) is -0.640. The summed E-state index contributed by atoms with van der Waals surface area (Å²) in [5, 5.41) is 6.33. The predicted molar refractivity (Wildman–Crippen MR) is 69.0 cm³/mol.